The molecule has 2 amide bonds. The Morgan fingerprint density at radius 1 is 1.53 bits per heavy atom. The zero-order valence-corrected chi connectivity index (χ0v) is 9.63. The van der Waals surface area contributed by atoms with Gasteiger partial charge >= 0.3 is 0 Å². The first-order valence-electron chi connectivity index (χ1n) is 4.64. The Hall–Kier alpha value is -0.810. The Morgan fingerprint density at radius 2 is 2.13 bits per heavy atom. The highest BCUT2D eigenvalue weighted by Gasteiger charge is 2.41. The van der Waals surface area contributed by atoms with Crippen LogP contribution in [-0.4, -0.2) is 54.9 Å². The van der Waals surface area contributed by atoms with E-state index in [9.17, 15) is 9.59 Å². The van der Waals surface area contributed by atoms with Crippen LogP contribution in [0.25, 0.3) is 0 Å². The zero-order chi connectivity index (χ0) is 11.5. The first kappa shape index (κ1) is 12.3. The van der Waals surface area contributed by atoms with Gasteiger partial charge in [-0.15, -0.1) is 11.6 Å². The molecule has 15 heavy (non-hydrogen) atoms. The van der Waals surface area contributed by atoms with E-state index in [2.05, 4.69) is 5.32 Å². The van der Waals surface area contributed by atoms with E-state index in [1.807, 2.05) is 6.92 Å². The number of ether oxygens (including phenoxy) is 1. The summed E-state index contributed by atoms with van der Waals surface area (Å²) in [7, 11) is 1.48. The number of amides is 2. The van der Waals surface area contributed by atoms with Gasteiger partial charge in [-0.05, 0) is 6.92 Å². The molecule has 0 aromatic rings. The van der Waals surface area contributed by atoms with Gasteiger partial charge in [0.05, 0.1) is 5.54 Å². The van der Waals surface area contributed by atoms with Gasteiger partial charge in [0, 0.05) is 20.2 Å². The van der Waals surface area contributed by atoms with Crippen molar-refractivity contribution in [3.63, 3.8) is 0 Å². The fourth-order valence-corrected chi connectivity index (χ4v) is 1.70. The number of nitrogens with zero attached hydrogens (tertiary/aromatic N) is 1. The number of rotatable bonds is 4. The van der Waals surface area contributed by atoms with Crippen molar-refractivity contribution in [1.29, 1.82) is 0 Å². The quantitative estimate of drug-likeness (QED) is 0.673. The molecule has 1 aliphatic heterocycles. The number of carbonyl (C=O) groups is 2. The van der Waals surface area contributed by atoms with Gasteiger partial charge in [0.2, 0.25) is 11.8 Å². The first-order chi connectivity index (χ1) is 7.00. The standard InChI is InChI=1S/C9H15ClN2O3/c1-9(11-7(13)3-10)5-12(6-9)8(14)4-15-2/h3-6H2,1-2H3,(H,11,13). The van der Waals surface area contributed by atoms with Crippen LogP contribution in [0, 0.1) is 0 Å². The molecule has 0 bridgehead atoms. The van der Waals surface area contributed by atoms with Gasteiger partial charge in [0.25, 0.3) is 0 Å². The second-order valence-corrected chi connectivity index (χ2v) is 4.19. The summed E-state index contributed by atoms with van der Waals surface area (Å²) in [6.45, 7) is 2.99. The van der Waals surface area contributed by atoms with E-state index < -0.39 is 0 Å². The van der Waals surface area contributed by atoms with E-state index >= 15 is 0 Å². The van der Waals surface area contributed by atoms with E-state index in [0.717, 1.165) is 0 Å². The first-order valence-corrected chi connectivity index (χ1v) is 5.18. The monoisotopic (exact) mass is 234 g/mol. The normalized spacial score (nSPS) is 18.2. The molecule has 0 saturated carbocycles. The lowest BCUT2D eigenvalue weighted by atomic mass is 9.92. The molecule has 1 fully saturated rings. The van der Waals surface area contributed by atoms with Crippen molar-refractivity contribution < 1.29 is 14.3 Å². The summed E-state index contributed by atoms with van der Waals surface area (Å²) in [5.41, 5.74) is -0.338. The van der Waals surface area contributed by atoms with Gasteiger partial charge in [0.15, 0.2) is 0 Å². The number of likely N-dealkylation sites (tertiary alicyclic amines) is 1. The molecular weight excluding hydrogens is 220 g/mol. The van der Waals surface area contributed by atoms with Crippen LogP contribution in [-0.2, 0) is 14.3 Å². The van der Waals surface area contributed by atoms with E-state index in [-0.39, 0.29) is 29.8 Å². The van der Waals surface area contributed by atoms with Gasteiger partial charge in [-0.3, -0.25) is 9.59 Å². The molecule has 0 atom stereocenters. The van der Waals surface area contributed by atoms with Crippen LogP contribution in [0.15, 0.2) is 0 Å². The highest BCUT2D eigenvalue weighted by atomic mass is 35.5. The number of nitrogens with one attached hydrogen (secondary N) is 1. The predicted octanol–water partition coefficient (Wildman–Crippen LogP) is -0.411. The summed E-state index contributed by atoms with van der Waals surface area (Å²) in [5.74, 6) is -0.324. The molecule has 0 spiro atoms. The molecule has 0 aliphatic carbocycles. The van der Waals surface area contributed by atoms with Crippen molar-refractivity contribution in [3.05, 3.63) is 0 Å². The van der Waals surface area contributed by atoms with Crippen LogP contribution >= 0.6 is 11.6 Å². The van der Waals surface area contributed by atoms with Crippen LogP contribution in [0.3, 0.4) is 0 Å². The molecule has 0 aromatic carbocycles. The van der Waals surface area contributed by atoms with Crippen molar-refractivity contribution in [1.82, 2.24) is 10.2 Å². The molecule has 1 aliphatic rings. The van der Waals surface area contributed by atoms with Crippen molar-refractivity contribution in [2.75, 3.05) is 32.7 Å². The Morgan fingerprint density at radius 3 is 2.60 bits per heavy atom. The molecule has 1 heterocycles. The molecule has 0 unspecified atom stereocenters. The highest BCUT2D eigenvalue weighted by Crippen LogP contribution is 2.20. The van der Waals surface area contributed by atoms with E-state index in [1.165, 1.54) is 7.11 Å². The minimum absolute atomic E-state index is 0.0540. The molecular formula is C9H15ClN2O3. The maximum absolute atomic E-state index is 11.3. The van der Waals surface area contributed by atoms with Gasteiger partial charge in [-0.25, -0.2) is 0 Å². The van der Waals surface area contributed by atoms with E-state index in [0.29, 0.717) is 13.1 Å². The van der Waals surface area contributed by atoms with E-state index in [1.54, 1.807) is 4.90 Å². The molecule has 0 aromatic heterocycles. The number of hydrogen-bond acceptors (Lipinski definition) is 3. The minimum Gasteiger partial charge on any atom is -0.375 e. The van der Waals surface area contributed by atoms with Crippen molar-refractivity contribution in [2.24, 2.45) is 0 Å². The van der Waals surface area contributed by atoms with Crippen LogP contribution in [0.5, 0.6) is 0 Å². The molecule has 0 radical (unpaired) electrons. The maximum Gasteiger partial charge on any atom is 0.248 e. The molecule has 5 nitrogen and oxygen atoms in total. The summed E-state index contributed by atoms with van der Waals surface area (Å²) in [6.07, 6.45) is 0. The lowest BCUT2D eigenvalue weighted by molar-refractivity contribution is -0.145. The SMILES string of the molecule is COCC(=O)N1CC(C)(NC(=O)CCl)C1. The zero-order valence-electron chi connectivity index (χ0n) is 8.88. The summed E-state index contributed by atoms with van der Waals surface area (Å²) in [6, 6.07) is 0. The Balaban J connectivity index is 2.34. The molecule has 1 rings (SSSR count). The lowest BCUT2D eigenvalue weighted by Gasteiger charge is -2.48. The Bertz CT molecular complexity index is 264. The van der Waals surface area contributed by atoms with Crippen molar-refractivity contribution >= 4 is 23.4 Å². The molecule has 1 N–H and O–H groups in total. The largest absolute Gasteiger partial charge is 0.375 e. The van der Waals surface area contributed by atoms with Gasteiger partial charge in [-0.2, -0.15) is 0 Å². The third-order valence-electron chi connectivity index (χ3n) is 2.26. The van der Waals surface area contributed by atoms with E-state index in [4.69, 9.17) is 16.3 Å². The Labute approximate surface area is 93.7 Å². The molecule has 86 valence electrons. The summed E-state index contributed by atoms with van der Waals surface area (Å²) >= 11 is 5.38. The number of alkyl halides is 1. The summed E-state index contributed by atoms with van der Waals surface area (Å²) in [5, 5.41) is 2.76. The van der Waals surface area contributed by atoms with Crippen LogP contribution in [0.1, 0.15) is 6.92 Å². The summed E-state index contributed by atoms with van der Waals surface area (Å²) in [4.78, 5) is 24.0. The third kappa shape index (κ3) is 3.07. The van der Waals surface area contributed by atoms with Crippen LogP contribution in [0.2, 0.25) is 0 Å². The number of methoxy groups -OCH3 is 1. The number of halogens is 1. The molecule has 1 saturated heterocycles. The number of carbonyl (C=O) groups excluding carboxylic acids is 2. The van der Waals surface area contributed by atoms with Gasteiger partial charge in [-0.1, -0.05) is 0 Å². The number of hydrogen-bond donors (Lipinski definition) is 1. The lowest BCUT2D eigenvalue weighted by Crippen LogP contribution is -2.70. The Kier molecular flexibility index (Phi) is 3.93. The second kappa shape index (κ2) is 4.81. The molecule has 6 heteroatoms. The summed E-state index contributed by atoms with van der Waals surface area (Å²) < 4.78 is 4.73. The smallest absolute Gasteiger partial charge is 0.248 e. The fourth-order valence-electron chi connectivity index (χ4n) is 1.64. The minimum atomic E-state index is -0.338. The van der Waals surface area contributed by atoms with Crippen LogP contribution in [0.4, 0.5) is 0 Å². The third-order valence-corrected chi connectivity index (χ3v) is 2.51. The van der Waals surface area contributed by atoms with Gasteiger partial charge in [0.1, 0.15) is 12.5 Å². The average Bonchev–Trinajstić information content (AvgIpc) is 2.14. The fraction of sp³-hybridized carbons (Fsp3) is 0.778. The van der Waals surface area contributed by atoms with Gasteiger partial charge < -0.3 is 15.0 Å². The average molecular weight is 235 g/mol. The van der Waals surface area contributed by atoms with Crippen molar-refractivity contribution in [2.45, 2.75) is 12.5 Å². The maximum atomic E-state index is 11.3. The predicted molar refractivity (Wildman–Crippen MR) is 55.7 cm³/mol. The second-order valence-electron chi connectivity index (χ2n) is 3.93. The highest BCUT2D eigenvalue weighted by molar-refractivity contribution is 6.27. The topological polar surface area (TPSA) is 58.6 Å². The van der Waals surface area contributed by atoms with Crippen LogP contribution < -0.4 is 5.32 Å². The van der Waals surface area contributed by atoms with Crippen molar-refractivity contribution in [3.8, 4) is 0 Å².